The molecule has 0 atom stereocenters. The standard InChI is InChI=1S/C18H20OS/c1-14-16(10-13-20-14)17(19)18(11-6-3-7-12-18)15-8-4-2-5-9-15/h2,4-5,8-10,13H,3,6-7,11-12H2,1H3. The summed E-state index contributed by atoms with van der Waals surface area (Å²) in [6.07, 6.45) is 5.55. The highest BCUT2D eigenvalue weighted by atomic mass is 32.1. The lowest BCUT2D eigenvalue weighted by atomic mass is 9.65. The molecule has 104 valence electrons. The molecule has 0 bridgehead atoms. The van der Waals surface area contributed by atoms with Gasteiger partial charge >= 0.3 is 0 Å². The molecule has 0 unspecified atom stereocenters. The zero-order chi connectivity index (χ0) is 14.0. The van der Waals surface area contributed by atoms with Gasteiger partial charge in [-0.05, 0) is 36.8 Å². The minimum absolute atomic E-state index is 0.286. The molecule has 1 aliphatic rings. The fourth-order valence-corrected chi connectivity index (χ4v) is 4.13. The molecule has 20 heavy (non-hydrogen) atoms. The summed E-state index contributed by atoms with van der Waals surface area (Å²) in [4.78, 5) is 14.4. The van der Waals surface area contributed by atoms with Gasteiger partial charge in [-0.1, -0.05) is 49.6 Å². The van der Waals surface area contributed by atoms with E-state index in [1.807, 2.05) is 17.5 Å². The molecule has 0 N–H and O–H groups in total. The van der Waals surface area contributed by atoms with Crippen LogP contribution in [0, 0.1) is 6.92 Å². The van der Waals surface area contributed by atoms with Crippen molar-refractivity contribution in [3.63, 3.8) is 0 Å². The van der Waals surface area contributed by atoms with Crippen molar-refractivity contribution < 1.29 is 4.79 Å². The molecule has 0 spiro atoms. The first-order valence-electron chi connectivity index (χ1n) is 7.38. The summed E-state index contributed by atoms with van der Waals surface area (Å²) in [7, 11) is 0. The smallest absolute Gasteiger partial charge is 0.174 e. The summed E-state index contributed by atoms with van der Waals surface area (Å²) in [6, 6.07) is 12.4. The van der Waals surface area contributed by atoms with E-state index in [-0.39, 0.29) is 5.41 Å². The molecular weight excluding hydrogens is 264 g/mol. The molecule has 1 heterocycles. The Balaban J connectivity index is 2.07. The van der Waals surface area contributed by atoms with Gasteiger partial charge in [0.2, 0.25) is 0 Å². The fraction of sp³-hybridized carbons (Fsp3) is 0.389. The first kappa shape index (κ1) is 13.6. The van der Waals surface area contributed by atoms with Crippen molar-refractivity contribution in [1.29, 1.82) is 0 Å². The van der Waals surface area contributed by atoms with Gasteiger partial charge < -0.3 is 0 Å². The normalized spacial score (nSPS) is 17.9. The number of aryl methyl sites for hydroxylation is 1. The van der Waals surface area contributed by atoms with Crippen LogP contribution in [0.5, 0.6) is 0 Å². The third kappa shape index (κ3) is 2.22. The van der Waals surface area contributed by atoms with Gasteiger partial charge in [0.05, 0.1) is 5.41 Å². The summed E-state index contributed by atoms with van der Waals surface area (Å²) in [5.74, 6) is 0.335. The second-order valence-corrected chi connectivity index (χ2v) is 6.85. The lowest BCUT2D eigenvalue weighted by Gasteiger charge is -2.36. The SMILES string of the molecule is Cc1sccc1C(=O)C1(c2ccccc2)CCCCC1. The lowest BCUT2D eigenvalue weighted by molar-refractivity contribution is 0.0839. The van der Waals surface area contributed by atoms with Crippen LogP contribution < -0.4 is 0 Å². The van der Waals surface area contributed by atoms with E-state index < -0.39 is 0 Å². The van der Waals surface area contributed by atoms with Gasteiger partial charge in [0.25, 0.3) is 0 Å². The Morgan fingerprint density at radius 1 is 1.05 bits per heavy atom. The predicted molar refractivity (Wildman–Crippen MR) is 84.6 cm³/mol. The Morgan fingerprint density at radius 3 is 2.35 bits per heavy atom. The number of Topliss-reactive ketones (excluding diaryl/α,β-unsaturated/α-hetero) is 1. The Labute approximate surface area is 124 Å². The van der Waals surface area contributed by atoms with Gasteiger partial charge in [-0.2, -0.15) is 0 Å². The third-order valence-corrected chi connectivity index (χ3v) is 5.42. The highest BCUT2D eigenvalue weighted by Crippen LogP contribution is 2.42. The van der Waals surface area contributed by atoms with Crippen molar-refractivity contribution in [3.05, 3.63) is 57.8 Å². The molecule has 1 fully saturated rings. The van der Waals surface area contributed by atoms with Gasteiger partial charge in [0.15, 0.2) is 5.78 Å². The molecule has 2 aromatic rings. The zero-order valence-electron chi connectivity index (χ0n) is 11.9. The van der Waals surface area contributed by atoms with Crippen LogP contribution in [0.2, 0.25) is 0 Å². The van der Waals surface area contributed by atoms with Gasteiger partial charge in [-0.3, -0.25) is 4.79 Å². The first-order chi connectivity index (χ1) is 9.74. The Bertz CT molecular complexity index is 591. The van der Waals surface area contributed by atoms with E-state index in [1.54, 1.807) is 11.3 Å². The fourth-order valence-electron chi connectivity index (χ4n) is 3.44. The van der Waals surface area contributed by atoms with E-state index in [2.05, 4.69) is 31.2 Å². The van der Waals surface area contributed by atoms with Crippen molar-refractivity contribution >= 4 is 17.1 Å². The molecule has 2 heteroatoms. The summed E-state index contributed by atoms with van der Waals surface area (Å²) in [5, 5.41) is 2.03. The van der Waals surface area contributed by atoms with Crippen LogP contribution in [0.4, 0.5) is 0 Å². The largest absolute Gasteiger partial charge is 0.293 e. The minimum atomic E-state index is -0.286. The molecule has 1 saturated carbocycles. The molecule has 3 rings (SSSR count). The van der Waals surface area contributed by atoms with E-state index in [0.29, 0.717) is 5.78 Å². The molecule has 0 amide bonds. The molecule has 1 aromatic heterocycles. The van der Waals surface area contributed by atoms with Gasteiger partial charge in [0, 0.05) is 10.4 Å². The van der Waals surface area contributed by atoms with Gasteiger partial charge in [0.1, 0.15) is 0 Å². The van der Waals surface area contributed by atoms with E-state index in [1.165, 1.54) is 12.0 Å². The number of carbonyl (C=O) groups excluding carboxylic acids is 1. The number of ketones is 1. The van der Waals surface area contributed by atoms with Crippen molar-refractivity contribution in [2.24, 2.45) is 0 Å². The van der Waals surface area contributed by atoms with Gasteiger partial charge in [-0.25, -0.2) is 0 Å². The van der Waals surface area contributed by atoms with Crippen LogP contribution >= 0.6 is 11.3 Å². The molecule has 0 aliphatic heterocycles. The van der Waals surface area contributed by atoms with E-state index in [0.717, 1.165) is 36.1 Å². The monoisotopic (exact) mass is 284 g/mol. The Morgan fingerprint density at radius 2 is 1.75 bits per heavy atom. The van der Waals surface area contributed by atoms with Crippen molar-refractivity contribution in [2.75, 3.05) is 0 Å². The Hall–Kier alpha value is -1.41. The van der Waals surface area contributed by atoms with E-state index in [9.17, 15) is 4.79 Å². The quantitative estimate of drug-likeness (QED) is 0.713. The summed E-state index contributed by atoms with van der Waals surface area (Å²) < 4.78 is 0. The minimum Gasteiger partial charge on any atom is -0.293 e. The van der Waals surface area contributed by atoms with Crippen LogP contribution in [-0.4, -0.2) is 5.78 Å². The van der Waals surface area contributed by atoms with Crippen LogP contribution in [0.1, 0.15) is 52.9 Å². The highest BCUT2D eigenvalue weighted by molar-refractivity contribution is 7.10. The molecule has 1 aliphatic carbocycles. The van der Waals surface area contributed by atoms with Crippen LogP contribution in [-0.2, 0) is 5.41 Å². The average Bonchev–Trinajstić information content (AvgIpc) is 2.94. The van der Waals surface area contributed by atoms with Gasteiger partial charge in [-0.15, -0.1) is 11.3 Å². The van der Waals surface area contributed by atoms with Crippen LogP contribution in [0.3, 0.4) is 0 Å². The maximum absolute atomic E-state index is 13.2. The van der Waals surface area contributed by atoms with Crippen LogP contribution in [0.25, 0.3) is 0 Å². The molecule has 0 saturated heterocycles. The number of carbonyl (C=O) groups is 1. The average molecular weight is 284 g/mol. The number of hydrogen-bond donors (Lipinski definition) is 0. The van der Waals surface area contributed by atoms with E-state index in [4.69, 9.17) is 0 Å². The number of rotatable bonds is 3. The molecule has 0 radical (unpaired) electrons. The van der Waals surface area contributed by atoms with Crippen molar-refractivity contribution in [3.8, 4) is 0 Å². The maximum Gasteiger partial charge on any atom is 0.174 e. The topological polar surface area (TPSA) is 17.1 Å². The third-order valence-electron chi connectivity index (χ3n) is 4.57. The maximum atomic E-state index is 13.2. The molecular formula is C18H20OS. The number of thiophene rings is 1. The zero-order valence-corrected chi connectivity index (χ0v) is 12.7. The van der Waals surface area contributed by atoms with E-state index >= 15 is 0 Å². The number of hydrogen-bond acceptors (Lipinski definition) is 2. The number of benzene rings is 1. The first-order valence-corrected chi connectivity index (χ1v) is 8.26. The summed E-state index contributed by atoms with van der Waals surface area (Å²) in [5.41, 5.74) is 1.85. The molecule has 1 nitrogen and oxygen atoms in total. The lowest BCUT2D eigenvalue weighted by Crippen LogP contribution is -2.38. The molecule has 1 aromatic carbocycles. The summed E-state index contributed by atoms with van der Waals surface area (Å²) in [6.45, 7) is 2.05. The van der Waals surface area contributed by atoms with Crippen molar-refractivity contribution in [1.82, 2.24) is 0 Å². The van der Waals surface area contributed by atoms with Crippen molar-refractivity contribution in [2.45, 2.75) is 44.4 Å². The van der Waals surface area contributed by atoms with Crippen LogP contribution in [0.15, 0.2) is 41.8 Å². The second kappa shape index (κ2) is 5.53. The Kier molecular flexibility index (Phi) is 3.75. The summed E-state index contributed by atoms with van der Waals surface area (Å²) >= 11 is 1.67. The predicted octanol–water partition coefficient (Wildman–Crippen LogP) is 5.14. The second-order valence-electron chi connectivity index (χ2n) is 5.73. The highest BCUT2D eigenvalue weighted by Gasteiger charge is 2.41.